The van der Waals surface area contributed by atoms with E-state index in [0.717, 1.165) is 11.3 Å². The van der Waals surface area contributed by atoms with Crippen molar-refractivity contribution in [1.29, 1.82) is 0 Å². The highest BCUT2D eigenvalue weighted by Crippen LogP contribution is 2.19. The third kappa shape index (κ3) is 4.45. The molecular weight excluding hydrogens is 340 g/mol. The Balaban J connectivity index is 1.64. The molecule has 0 unspecified atom stereocenters. The summed E-state index contributed by atoms with van der Waals surface area (Å²) in [6.45, 7) is 0. The van der Waals surface area contributed by atoms with Gasteiger partial charge in [0.25, 0.3) is 0 Å². The lowest BCUT2D eigenvalue weighted by molar-refractivity contribution is -0.111. The third-order valence-electron chi connectivity index (χ3n) is 3.33. The smallest absolute Gasteiger partial charge is 0.249 e. The zero-order valence-corrected chi connectivity index (χ0v) is 14.1. The van der Waals surface area contributed by atoms with Crippen LogP contribution in [0.1, 0.15) is 0 Å². The molecule has 0 spiro atoms. The van der Waals surface area contributed by atoms with Gasteiger partial charge in [-0.15, -0.1) is 5.10 Å². The number of aromatic nitrogens is 3. The molecule has 25 heavy (non-hydrogen) atoms. The summed E-state index contributed by atoms with van der Waals surface area (Å²) in [6, 6.07) is 14.3. The van der Waals surface area contributed by atoms with Crippen molar-refractivity contribution < 1.29 is 9.53 Å². The molecule has 126 valence electrons. The number of amides is 1. The Labute approximate surface area is 149 Å². The van der Waals surface area contributed by atoms with Crippen LogP contribution in [0, 0.1) is 0 Å². The summed E-state index contributed by atoms with van der Waals surface area (Å²) in [5.41, 5.74) is 1.48. The fraction of sp³-hybridized carbons (Fsp3) is 0.0556. The Morgan fingerprint density at radius 2 is 2.04 bits per heavy atom. The average Bonchev–Trinajstić information content (AvgIpc) is 3.10. The second kappa shape index (κ2) is 7.63. The number of hydrogen-bond acceptors (Lipinski definition) is 4. The van der Waals surface area contributed by atoms with Gasteiger partial charge in [-0.1, -0.05) is 23.7 Å². The van der Waals surface area contributed by atoms with Gasteiger partial charge in [0.05, 0.1) is 7.11 Å². The number of hydrogen-bond donors (Lipinski definition) is 1. The van der Waals surface area contributed by atoms with Crippen LogP contribution < -0.4 is 10.1 Å². The molecular formula is C18H15ClN4O2. The Morgan fingerprint density at radius 3 is 2.76 bits per heavy atom. The van der Waals surface area contributed by atoms with E-state index in [1.165, 1.54) is 23.3 Å². The van der Waals surface area contributed by atoms with Crippen LogP contribution in [-0.2, 0) is 4.79 Å². The molecule has 0 fully saturated rings. The summed E-state index contributed by atoms with van der Waals surface area (Å²) in [5, 5.41) is 7.65. The zero-order valence-electron chi connectivity index (χ0n) is 13.4. The summed E-state index contributed by atoms with van der Waals surface area (Å²) in [4.78, 5) is 16.2. The van der Waals surface area contributed by atoms with Crippen molar-refractivity contribution in [1.82, 2.24) is 14.8 Å². The third-order valence-corrected chi connectivity index (χ3v) is 3.56. The number of carbonyl (C=O) groups excluding carboxylic acids is 1. The van der Waals surface area contributed by atoms with Crippen LogP contribution in [0.15, 0.2) is 60.9 Å². The monoisotopic (exact) mass is 354 g/mol. The van der Waals surface area contributed by atoms with E-state index in [9.17, 15) is 4.79 Å². The summed E-state index contributed by atoms with van der Waals surface area (Å²) < 4.78 is 6.53. The van der Waals surface area contributed by atoms with Gasteiger partial charge in [0.1, 0.15) is 12.1 Å². The molecule has 3 aromatic rings. The number of halogens is 1. The van der Waals surface area contributed by atoms with E-state index in [2.05, 4.69) is 15.4 Å². The molecule has 1 aromatic heterocycles. The predicted octanol–water partition coefficient (Wildman–Crippen LogP) is 3.72. The van der Waals surface area contributed by atoms with Crippen LogP contribution in [0.25, 0.3) is 17.6 Å². The molecule has 1 N–H and O–H groups in total. The lowest BCUT2D eigenvalue weighted by atomic mass is 10.2. The molecule has 0 saturated carbocycles. The highest BCUT2D eigenvalue weighted by atomic mass is 35.5. The van der Waals surface area contributed by atoms with Crippen LogP contribution in [-0.4, -0.2) is 27.8 Å². The topological polar surface area (TPSA) is 69.0 Å². The van der Waals surface area contributed by atoms with Crippen molar-refractivity contribution in [3.8, 4) is 17.1 Å². The number of methoxy groups -OCH3 is 1. The first kappa shape index (κ1) is 16.7. The Morgan fingerprint density at radius 1 is 1.24 bits per heavy atom. The van der Waals surface area contributed by atoms with Gasteiger partial charge in [0.15, 0.2) is 5.82 Å². The fourth-order valence-electron chi connectivity index (χ4n) is 2.11. The van der Waals surface area contributed by atoms with E-state index < -0.39 is 0 Å². The number of nitrogens with zero attached hydrogens (tertiary/aromatic N) is 3. The molecule has 0 aliphatic rings. The van der Waals surface area contributed by atoms with Crippen LogP contribution in [0.3, 0.4) is 0 Å². The lowest BCUT2D eigenvalue weighted by Gasteiger charge is -2.03. The zero-order chi connectivity index (χ0) is 17.6. The number of carbonyl (C=O) groups is 1. The molecule has 0 aliphatic heterocycles. The van der Waals surface area contributed by atoms with Gasteiger partial charge in [-0.3, -0.25) is 4.79 Å². The molecule has 1 heterocycles. The van der Waals surface area contributed by atoms with E-state index >= 15 is 0 Å². The molecule has 2 aromatic carbocycles. The predicted molar refractivity (Wildman–Crippen MR) is 97.4 cm³/mol. The Kier molecular flexibility index (Phi) is 5.11. The maximum Gasteiger partial charge on any atom is 0.249 e. The van der Waals surface area contributed by atoms with Crippen molar-refractivity contribution >= 4 is 29.4 Å². The van der Waals surface area contributed by atoms with Crippen LogP contribution in [0.5, 0.6) is 5.75 Å². The van der Waals surface area contributed by atoms with Crippen molar-refractivity contribution in [2.45, 2.75) is 0 Å². The summed E-state index contributed by atoms with van der Waals surface area (Å²) in [7, 11) is 1.59. The van der Waals surface area contributed by atoms with Gasteiger partial charge in [0.2, 0.25) is 5.91 Å². The average molecular weight is 355 g/mol. The number of anilines is 1. The molecule has 0 radical (unpaired) electrons. The summed E-state index contributed by atoms with van der Waals surface area (Å²) in [6.07, 6.45) is 4.42. The van der Waals surface area contributed by atoms with E-state index in [1.807, 2.05) is 12.1 Å². The second-order valence-corrected chi connectivity index (χ2v) is 5.53. The molecule has 0 saturated heterocycles. The fourth-order valence-corrected chi connectivity index (χ4v) is 2.30. The molecule has 0 bridgehead atoms. The van der Waals surface area contributed by atoms with E-state index in [-0.39, 0.29) is 5.91 Å². The minimum atomic E-state index is -0.273. The van der Waals surface area contributed by atoms with Crippen molar-refractivity contribution in [3.05, 3.63) is 66.0 Å². The first-order valence-electron chi connectivity index (χ1n) is 7.44. The maximum atomic E-state index is 12.0. The van der Waals surface area contributed by atoms with E-state index in [0.29, 0.717) is 16.5 Å². The second-order valence-electron chi connectivity index (χ2n) is 5.09. The number of nitrogens with one attached hydrogen (secondary N) is 1. The molecule has 0 atom stereocenters. The largest absolute Gasteiger partial charge is 0.497 e. The molecule has 0 aliphatic carbocycles. The van der Waals surface area contributed by atoms with E-state index in [4.69, 9.17) is 16.3 Å². The molecule has 1 amide bonds. The van der Waals surface area contributed by atoms with Crippen LogP contribution >= 0.6 is 11.6 Å². The van der Waals surface area contributed by atoms with Crippen LogP contribution in [0.4, 0.5) is 5.69 Å². The molecule has 3 rings (SSSR count). The lowest BCUT2D eigenvalue weighted by Crippen LogP contribution is -2.08. The standard InChI is InChI=1S/C18H15ClN4O2/c1-25-16-7-5-15(6-8-16)21-17(24)9-10-23-12-20-18(22-23)13-3-2-4-14(19)11-13/h2-12H,1H3,(H,21,24)/b10-9+. The van der Waals surface area contributed by atoms with E-state index in [1.54, 1.807) is 43.5 Å². The Hall–Kier alpha value is -3.12. The van der Waals surface area contributed by atoms with Crippen molar-refractivity contribution in [2.24, 2.45) is 0 Å². The molecule has 7 heteroatoms. The minimum Gasteiger partial charge on any atom is -0.497 e. The van der Waals surface area contributed by atoms with Crippen molar-refractivity contribution in [3.63, 3.8) is 0 Å². The van der Waals surface area contributed by atoms with Gasteiger partial charge < -0.3 is 10.1 Å². The number of ether oxygens (including phenoxy) is 1. The highest BCUT2D eigenvalue weighted by Gasteiger charge is 2.04. The number of rotatable bonds is 5. The quantitative estimate of drug-likeness (QED) is 0.709. The van der Waals surface area contributed by atoms with Gasteiger partial charge in [-0.05, 0) is 36.4 Å². The SMILES string of the molecule is COc1ccc(NC(=O)/C=C/n2cnc(-c3cccc(Cl)c3)n2)cc1. The minimum absolute atomic E-state index is 0.273. The van der Waals surface area contributed by atoms with Crippen molar-refractivity contribution in [2.75, 3.05) is 12.4 Å². The summed E-state index contributed by atoms with van der Waals surface area (Å²) >= 11 is 5.96. The number of benzene rings is 2. The first-order valence-corrected chi connectivity index (χ1v) is 7.82. The highest BCUT2D eigenvalue weighted by molar-refractivity contribution is 6.30. The van der Waals surface area contributed by atoms with Gasteiger partial charge in [-0.25, -0.2) is 9.67 Å². The summed E-state index contributed by atoms with van der Waals surface area (Å²) in [5.74, 6) is 0.984. The first-order chi connectivity index (χ1) is 12.1. The molecule has 6 nitrogen and oxygen atoms in total. The van der Waals surface area contributed by atoms with Crippen LogP contribution in [0.2, 0.25) is 5.02 Å². The normalized spacial score (nSPS) is 10.8. The van der Waals surface area contributed by atoms with Gasteiger partial charge >= 0.3 is 0 Å². The Bertz CT molecular complexity index is 903. The van der Waals surface area contributed by atoms with Gasteiger partial charge in [0, 0.05) is 28.5 Å². The maximum absolute atomic E-state index is 12.0. The van der Waals surface area contributed by atoms with Gasteiger partial charge in [-0.2, -0.15) is 0 Å².